The van der Waals surface area contributed by atoms with E-state index in [0.29, 0.717) is 5.82 Å². The molecule has 0 radical (unpaired) electrons. The van der Waals surface area contributed by atoms with E-state index < -0.39 is 0 Å². The van der Waals surface area contributed by atoms with E-state index in [1.165, 1.54) is 11.1 Å². The molecule has 290 valence electrons. The molecule has 0 saturated carbocycles. The van der Waals surface area contributed by atoms with Crippen LogP contribution in [-0.2, 0) is 0 Å². The third-order valence-electron chi connectivity index (χ3n) is 12.0. The molecule has 0 atom stereocenters. The largest absolute Gasteiger partial charge is 0.456 e. The van der Waals surface area contributed by atoms with Gasteiger partial charge in [0.25, 0.3) is 0 Å². The first kappa shape index (κ1) is 35.6. The number of para-hydroxylation sites is 2. The summed E-state index contributed by atoms with van der Waals surface area (Å²) in [6.45, 7) is 0. The zero-order valence-corrected chi connectivity index (χ0v) is 33.5. The Hall–Kier alpha value is -8.34. The first-order valence-electron chi connectivity index (χ1n) is 20.9. The Morgan fingerprint density at radius 1 is 0.274 bits per heavy atom. The summed E-state index contributed by atoms with van der Waals surface area (Å²) in [4.78, 5) is 10.3. The molecule has 3 aromatic heterocycles. The first-order chi connectivity index (χ1) is 30.7. The molecule has 0 amide bonds. The highest BCUT2D eigenvalue weighted by atomic mass is 16.3. The molecule has 4 nitrogen and oxygen atoms in total. The van der Waals surface area contributed by atoms with Crippen LogP contribution >= 0.6 is 0 Å². The molecule has 0 spiro atoms. The molecule has 62 heavy (non-hydrogen) atoms. The monoisotopic (exact) mass is 792 g/mol. The summed E-state index contributed by atoms with van der Waals surface area (Å²) < 4.78 is 13.0. The van der Waals surface area contributed by atoms with Gasteiger partial charge in [0.15, 0.2) is 5.82 Å². The quantitative estimate of drug-likeness (QED) is 0.161. The van der Waals surface area contributed by atoms with E-state index in [-0.39, 0.29) is 0 Å². The molecule has 0 saturated heterocycles. The van der Waals surface area contributed by atoms with Crippen LogP contribution in [-0.4, -0.2) is 9.97 Å². The lowest BCUT2D eigenvalue weighted by Gasteiger charge is -2.12. The molecule has 12 aromatic rings. The van der Waals surface area contributed by atoms with Crippen molar-refractivity contribution in [1.29, 1.82) is 0 Å². The molecule has 9 aromatic carbocycles. The topological polar surface area (TPSA) is 52.1 Å². The molecule has 0 bridgehead atoms. The van der Waals surface area contributed by atoms with Gasteiger partial charge >= 0.3 is 0 Å². The standard InChI is InChI=1S/C58H36N2O2/c1-3-11-37(12-4-1)38-19-21-39(22-20-38)40-23-29-44(30-24-40)58-59-51(42-13-5-2-6-14-42)36-52(60-58)43-27-25-41(26-28-43)46-33-34-47(57-56(46)50-16-8-10-18-54(50)62-57)45-31-32-49-48-15-7-9-17-53(48)61-55(49)35-45/h1-36H. The van der Waals surface area contributed by atoms with Gasteiger partial charge in [-0.2, -0.15) is 0 Å². The van der Waals surface area contributed by atoms with Gasteiger partial charge in [-0.25, -0.2) is 9.97 Å². The van der Waals surface area contributed by atoms with Gasteiger partial charge in [0.2, 0.25) is 0 Å². The average molecular weight is 793 g/mol. The highest BCUT2D eigenvalue weighted by Gasteiger charge is 2.19. The minimum absolute atomic E-state index is 0.680. The van der Waals surface area contributed by atoms with Gasteiger partial charge in [-0.05, 0) is 75.3 Å². The number of nitrogens with zero attached hydrogens (tertiary/aromatic N) is 2. The fourth-order valence-corrected chi connectivity index (χ4v) is 8.79. The maximum absolute atomic E-state index is 6.68. The predicted octanol–water partition coefficient (Wildman–Crippen LogP) is 15.9. The second-order valence-corrected chi connectivity index (χ2v) is 15.7. The summed E-state index contributed by atoms with van der Waals surface area (Å²) >= 11 is 0. The van der Waals surface area contributed by atoms with E-state index >= 15 is 0 Å². The molecule has 0 aliphatic rings. The molecule has 0 fully saturated rings. The SMILES string of the molecule is c1ccc(-c2ccc(-c3ccc(-c4nc(-c5ccccc5)cc(-c5ccc(-c6ccc(-c7ccc8c(c7)oc7ccccc78)c7oc8ccccc8c67)cc5)n4)cc3)cc2)cc1. The number of fused-ring (bicyclic) bond motifs is 6. The lowest BCUT2D eigenvalue weighted by molar-refractivity contribution is 0.668. The molecular formula is C58H36N2O2. The molecule has 12 rings (SSSR count). The molecular weight excluding hydrogens is 757 g/mol. The minimum atomic E-state index is 0.680. The van der Waals surface area contributed by atoms with Crippen LogP contribution in [0.2, 0.25) is 0 Å². The highest BCUT2D eigenvalue weighted by molar-refractivity contribution is 6.17. The number of aromatic nitrogens is 2. The van der Waals surface area contributed by atoms with Crippen LogP contribution in [0.5, 0.6) is 0 Å². The molecule has 0 aliphatic heterocycles. The second-order valence-electron chi connectivity index (χ2n) is 15.7. The van der Waals surface area contributed by atoms with Gasteiger partial charge in [0.05, 0.1) is 11.4 Å². The van der Waals surface area contributed by atoms with E-state index in [1.807, 2.05) is 54.6 Å². The number of hydrogen-bond acceptors (Lipinski definition) is 4. The predicted molar refractivity (Wildman–Crippen MR) is 255 cm³/mol. The van der Waals surface area contributed by atoms with Gasteiger partial charge in [0, 0.05) is 43.8 Å². The summed E-state index contributed by atoms with van der Waals surface area (Å²) in [6.07, 6.45) is 0. The maximum Gasteiger partial charge on any atom is 0.160 e. The van der Waals surface area contributed by atoms with Crippen LogP contribution in [0.15, 0.2) is 227 Å². The maximum atomic E-state index is 6.68. The fraction of sp³-hybridized carbons (Fsp3) is 0. The van der Waals surface area contributed by atoms with Crippen LogP contribution in [0.25, 0.3) is 122 Å². The van der Waals surface area contributed by atoms with Crippen molar-refractivity contribution in [1.82, 2.24) is 9.97 Å². The lowest BCUT2D eigenvalue weighted by Crippen LogP contribution is -1.96. The Kier molecular flexibility index (Phi) is 8.46. The highest BCUT2D eigenvalue weighted by Crippen LogP contribution is 2.43. The van der Waals surface area contributed by atoms with Crippen molar-refractivity contribution in [2.45, 2.75) is 0 Å². The van der Waals surface area contributed by atoms with Crippen LogP contribution in [0, 0.1) is 0 Å². The number of hydrogen-bond donors (Lipinski definition) is 0. The van der Waals surface area contributed by atoms with Gasteiger partial charge in [-0.3, -0.25) is 0 Å². The van der Waals surface area contributed by atoms with E-state index in [4.69, 9.17) is 18.8 Å². The van der Waals surface area contributed by atoms with Crippen molar-refractivity contribution in [2.75, 3.05) is 0 Å². The van der Waals surface area contributed by atoms with Crippen molar-refractivity contribution in [3.63, 3.8) is 0 Å². The number of benzene rings is 9. The normalized spacial score (nSPS) is 11.5. The van der Waals surface area contributed by atoms with Gasteiger partial charge in [-0.1, -0.05) is 182 Å². The zero-order valence-electron chi connectivity index (χ0n) is 33.5. The van der Waals surface area contributed by atoms with Crippen LogP contribution in [0.1, 0.15) is 0 Å². The molecule has 4 heteroatoms. The molecule has 0 aliphatic carbocycles. The Bertz CT molecular complexity index is 3590. The second kappa shape index (κ2) is 14.7. The first-order valence-corrected chi connectivity index (χ1v) is 20.9. The van der Waals surface area contributed by atoms with E-state index in [0.717, 1.165) is 105 Å². The van der Waals surface area contributed by atoms with Crippen LogP contribution in [0.3, 0.4) is 0 Å². The Labute approximate surface area is 358 Å². The van der Waals surface area contributed by atoms with Crippen molar-refractivity contribution in [3.05, 3.63) is 218 Å². The van der Waals surface area contributed by atoms with Crippen molar-refractivity contribution >= 4 is 43.9 Å². The Morgan fingerprint density at radius 3 is 1.39 bits per heavy atom. The molecule has 0 N–H and O–H groups in total. The number of furan rings is 2. The third-order valence-corrected chi connectivity index (χ3v) is 12.0. The molecule has 3 heterocycles. The Morgan fingerprint density at radius 2 is 0.726 bits per heavy atom. The summed E-state index contributed by atoms with van der Waals surface area (Å²) in [5.74, 6) is 0.680. The lowest BCUT2D eigenvalue weighted by atomic mass is 9.93. The average Bonchev–Trinajstić information content (AvgIpc) is 3.93. The summed E-state index contributed by atoms with van der Waals surface area (Å²) in [5.41, 5.74) is 17.2. The fourth-order valence-electron chi connectivity index (χ4n) is 8.79. The van der Waals surface area contributed by atoms with Crippen LogP contribution < -0.4 is 0 Å². The van der Waals surface area contributed by atoms with Gasteiger partial charge < -0.3 is 8.83 Å². The third kappa shape index (κ3) is 6.25. The minimum Gasteiger partial charge on any atom is -0.456 e. The zero-order chi connectivity index (χ0) is 41.0. The van der Waals surface area contributed by atoms with E-state index in [2.05, 4.69) is 164 Å². The number of rotatable bonds is 7. The van der Waals surface area contributed by atoms with Gasteiger partial charge in [-0.15, -0.1) is 0 Å². The smallest absolute Gasteiger partial charge is 0.160 e. The summed E-state index contributed by atoms with van der Waals surface area (Å²) in [7, 11) is 0. The van der Waals surface area contributed by atoms with Crippen molar-refractivity contribution < 1.29 is 8.83 Å². The van der Waals surface area contributed by atoms with Gasteiger partial charge in [0.1, 0.15) is 22.3 Å². The van der Waals surface area contributed by atoms with E-state index in [9.17, 15) is 0 Å². The summed E-state index contributed by atoms with van der Waals surface area (Å²) in [6, 6.07) is 76.2. The van der Waals surface area contributed by atoms with Crippen molar-refractivity contribution in [2.24, 2.45) is 0 Å². The van der Waals surface area contributed by atoms with Crippen LogP contribution in [0.4, 0.5) is 0 Å². The van der Waals surface area contributed by atoms with E-state index in [1.54, 1.807) is 0 Å². The molecule has 0 unspecified atom stereocenters. The Balaban J connectivity index is 0.906. The van der Waals surface area contributed by atoms with Crippen molar-refractivity contribution in [3.8, 4) is 78.4 Å². The summed E-state index contributed by atoms with van der Waals surface area (Å²) in [5, 5.41) is 4.39.